The van der Waals surface area contributed by atoms with E-state index in [-0.39, 0.29) is 17.7 Å². The Balaban J connectivity index is 1.36. The molecular weight excluding hydrogens is 538 g/mol. The summed E-state index contributed by atoms with van der Waals surface area (Å²) >= 11 is 0. The number of rotatable bonds is 6. The van der Waals surface area contributed by atoms with E-state index in [4.69, 9.17) is 4.74 Å². The molecule has 222 valence electrons. The van der Waals surface area contributed by atoms with Crippen molar-refractivity contribution >= 4 is 45.9 Å². The van der Waals surface area contributed by atoms with Crippen LogP contribution in [-0.4, -0.2) is 78.4 Å². The fourth-order valence-corrected chi connectivity index (χ4v) is 5.59. The molecule has 42 heavy (non-hydrogen) atoms. The van der Waals surface area contributed by atoms with Crippen molar-refractivity contribution in [2.24, 2.45) is 7.05 Å². The monoisotopic (exact) mass is 575 g/mol. The number of carboxylic acids is 1. The number of aromatic carboxylic acids is 1. The van der Waals surface area contributed by atoms with Crippen molar-refractivity contribution in [3.63, 3.8) is 0 Å². The predicted octanol–water partition coefficient (Wildman–Crippen LogP) is 4.71. The van der Waals surface area contributed by atoms with Gasteiger partial charge in [-0.3, -0.25) is 9.48 Å². The molecule has 4 aromatic rings. The van der Waals surface area contributed by atoms with Crippen LogP contribution in [0.5, 0.6) is 0 Å². The molecule has 0 unspecified atom stereocenters. The standard InChI is InChI=1S/C30H37N7O5/c1-7-37(29(41)42-30(3,4)5)20-10-12-35(13-11-20)24-9-8-21(25-23(24)17-34(6)33-25)27(38)32-19-14-22(28(39)40)26-31-18(2)15-36(26)16-19/h8-9,14-17,20H,7,10-13H2,1-6H3,(H,32,38)(H,39,40). The lowest BCUT2D eigenvalue weighted by molar-refractivity contribution is 0.0149. The van der Waals surface area contributed by atoms with Gasteiger partial charge >= 0.3 is 12.1 Å². The Labute approximate surface area is 243 Å². The molecule has 2 N–H and O–H groups in total. The third kappa shape index (κ3) is 5.74. The molecule has 0 atom stereocenters. The summed E-state index contributed by atoms with van der Waals surface area (Å²) in [4.78, 5) is 46.4. The van der Waals surface area contributed by atoms with Crippen LogP contribution in [0.3, 0.4) is 0 Å². The second-order valence-electron chi connectivity index (χ2n) is 11.7. The first-order chi connectivity index (χ1) is 19.8. The predicted molar refractivity (Wildman–Crippen MR) is 159 cm³/mol. The van der Waals surface area contributed by atoms with Crippen LogP contribution in [0.2, 0.25) is 0 Å². The van der Waals surface area contributed by atoms with Crippen molar-refractivity contribution in [3.05, 3.63) is 53.6 Å². The number of benzene rings is 1. The van der Waals surface area contributed by atoms with Crippen LogP contribution in [0, 0.1) is 6.92 Å². The zero-order chi connectivity index (χ0) is 30.3. The topological polar surface area (TPSA) is 134 Å². The average Bonchev–Trinajstić information content (AvgIpc) is 3.48. The molecule has 0 radical (unpaired) electrons. The van der Waals surface area contributed by atoms with Crippen molar-refractivity contribution in [3.8, 4) is 0 Å². The number of imidazole rings is 1. The Morgan fingerprint density at radius 2 is 1.83 bits per heavy atom. The van der Waals surface area contributed by atoms with Crippen LogP contribution in [0.25, 0.3) is 16.6 Å². The number of carbonyl (C=O) groups is 3. The van der Waals surface area contributed by atoms with Crippen molar-refractivity contribution in [2.75, 3.05) is 29.9 Å². The highest BCUT2D eigenvalue weighted by atomic mass is 16.6. The summed E-state index contributed by atoms with van der Waals surface area (Å²) in [6, 6.07) is 5.18. The summed E-state index contributed by atoms with van der Waals surface area (Å²) in [5.74, 6) is -1.53. The van der Waals surface area contributed by atoms with Crippen LogP contribution in [0.15, 0.2) is 36.8 Å². The molecule has 2 amide bonds. The van der Waals surface area contributed by atoms with Crippen molar-refractivity contribution < 1.29 is 24.2 Å². The second kappa shape index (κ2) is 11.0. The Morgan fingerprint density at radius 3 is 2.48 bits per heavy atom. The SMILES string of the molecule is CCN(C(=O)OC(C)(C)C)C1CCN(c2ccc(C(=O)Nc3cc(C(=O)O)c4nc(C)cn4c3)c3nn(C)cc23)CC1. The van der Waals surface area contributed by atoms with Crippen LogP contribution >= 0.6 is 0 Å². The molecule has 0 spiro atoms. The molecule has 12 nitrogen and oxygen atoms in total. The van der Waals surface area contributed by atoms with E-state index in [0.29, 0.717) is 34.7 Å². The summed E-state index contributed by atoms with van der Waals surface area (Å²) in [5.41, 5.74) is 2.67. The Morgan fingerprint density at radius 1 is 1.12 bits per heavy atom. The fourth-order valence-electron chi connectivity index (χ4n) is 5.59. The number of amides is 2. The quantitative estimate of drug-likeness (QED) is 0.338. The van der Waals surface area contributed by atoms with Gasteiger partial charge in [-0.2, -0.15) is 5.10 Å². The van der Waals surface area contributed by atoms with Gasteiger partial charge in [0.05, 0.1) is 16.9 Å². The summed E-state index contributed by atoms with van der Waals surface area (Å²) in [6.07, 6.45) is 6.55. The summed E-state index contributed by atoms with van der Waals surface area (Å²) < 4.78 is 8.90. The number of hydrogen-bond donors (Lipinski definition) is 2. The number of aryl methyl sites for hydroxylation is 2. The molecule has 1 fully saturated rings. The molecule has 0 saturated carbocycles. The molecule has 12 heteroatoms. The maximum atomic E-state index is 13.5. The zero-order valence-corrected chi connectivity index (χ0v) is 24.8. The first-order valence-corrected chi connectivity index (χ1v) is 14.1. The third-order valence-corrected chi connectivity index (χ3v) is 7.39. The van der Waals surface area contributed by atoms with E-state index in [2.05, 4.69) is 20.3 Å². The van der Waals surface area contributed by atoms with Gasteiger partial charge in [-0.1, -0.05) is 0 Å². The van der Waals surface area contributed by atoms with Crippen LogP contribution in [0.1, 0.15) is 66.9 Å². The van der Waals surface area contributed by atoms with E-state index in [9.17, 15) is 19.5 Å². The number of fused-ring (bicyclic) bond motifs is 2. The number of pyridine rings is 1. The van der Waals surface area contributed by atoms with Gasteiger partial charge < -0.3 is 29.4 Å². The van der Waals surface area contributed by atoms with E-state index >= 15 is 0 Å². The van der Waals surface area contributed by atoms with Crippen molar-refractivity contribution in [1.29, 1.82) is 0 Å². The molecule has 1 aromatic carbocycles. The zero-order valence-electron chi connectivity index (χ0n) is 24.8. The minimum absolute atomic E-state index is 0.00376. The molecule has 3 aromatic heterocycles. The lowest BCUT2D eigenvalue weighted by Crippen LogP contribution is -2.48. The molecule has 1 saturated heterocycles. The minimum atomic E-state index is -1.13. The van der Waals surface area contributed by atoms with Gasteiger partial charge in [-0.25, -0.2) is 14.6 Å². The van der Waals surface area contributed by atoms with Gasteiger partial charge in [0.1, 0.15) is 16.7 Å². The lowest BCUT2D eigenvalue weighted by Gasteiger charge is -2.39. The van der Waals surface area contributed by atoms with Gasteiger partial charge in [0.25, 0.3) is 5.91 Å². The van der Waals surface area contributed by atoms with E-state index in [1.54, 1.807) is 34.5 Å². The smallest absolute Gasteiger partial charge is 0.410 e. The summed E-state index contributed by atoms with van der Waals surface area (Å²) in [5, 5.41) is 18.0. The highest BCUT2D eigenvalue weighted by Gasteiger charge is 2.31. The van der Waals surface area contributed by atoms with Crippen LogP contribution in [0.4, 0.5) is 16.2 Å². The number of anilines is 2. The van der Waals surface area contributed by atoms with Gasteiger partial charge in [-0.15, -0.1) is 0 Å². The minimum Gasteiger partial charge on any atom is -0.478 e. The van der Waals surface area contributed by atoms with Crippen molar-refractivity contribution in [1.82, 2.24) is 24.1 Å². The molecule has 1 aliphatic rings. The highest BCUT2D eigenvalue weighted by molar-refractivity contribution is 6.14. The van der Waals surface area contributed by atoms with E-state index in [1.165, 1.54) is 6.07 Å². The number of ether oxygens (including phenoxy) is 1. The Hall–Kier alpha value is -4.61. The number of carbonyl (C=O) groups excluding carboxylic acids is 2. The van der Waals surface area contributed by atoms with E-state index < -0.39 is 17.5 Å². The largest absolute Gasteiger partial charge is 0.478 e. The number of nitrogens with one attached hydrogen (secondary N) is 1. The van der Waals surface area contributed by atoms with Gasteiger partial charge in [0, 0.05) is 62.4 Å². The molecule has 1 aliphatic heterocycles. The fraction of sp³-hybridized carbons (Fsp3) is 0.433. The number of carboxylic acid groups (broad SMARTS) is 1. The maximum absolute atomic E-state index is 13.5. The van der Waals surface area contributed by atoms with Gasteiger partial charge in [0.15, 0.2) is 5.65 Å². The van der Waals surface area contributed by atoms with Crippen LogP contribution < -0.4 is 10.2 Å². The number of aromatic nitrogens is 4. The summed E-state index contributed by atoms with van der Waals surface area (Å²) in [6.45, 7) is 11.4. The molecule has 0 aliphatic carbocycles. The lowest BCUT2D eigenvalue weighted by atomic mass is 10.0. The van der Waals surface area contributed by atoms with E-state index in [1.807, 2.05) is 51.9 Å². The van der Waals surface area contributed by atoms with Crippen LogP contribution in [-0.2, 0) is 11.8 Å². The molecule has 4 heterocycles. The van der Waals surface area contributed by atoms with Gasteiger partial charge in [-0.05, 0) is 65.7 Å². The Kier molecular flexibility index (Phi) is 7.56. The Bertz CT molecular complexity index is 1670. The van der Waals surface area contributed by atoms with Gasteiger partial charge in [0.2, 0.25) is 0 Å². The normalized spacial score (nSPS) is 14.4. The molecule has 5 rings (SSSR count). The average molecular weight is 576 g/mol. The number of piperidine rings is 1. The van der Waals surface area contributed by atoms with E-state index in [0.717, 1.165) is 37.0 Å². The summed E-state index contributed by atoms with van der Waals surface area (Å²) in [7, 11) is 1.81. The van der Waals surface area contributed by atoms with Crippen molar-refractivity contribution in [2.45, 2.75) is 59.1 Å². The number of nitrogens with zero attached hydrogens (tertiary/aromatic N) is 6. The highest BCUT2D eigenvalue weighted by Crippen LogP contribution is 2.32. The second-order valence-corrected chi connectivity index (χ2v) is 11.7. The molecule has 0 bridgehead atoms. The number of hydrogen-bond acceptors (Lipinski definition) is 7. The first kappa shape index (κ1) is 28.9. The maximum Gasteiger partial charge on any atom is 0.410 e. The first-order valence-electron chi connectivity index (χ1n) is 14.1. The molecular formula is C30H37N7O5. The third-order valence-electron chi connectivity index (χ3n) is 7.39.